The van der Waals surface area contributed by atoms with E-state index in [-0.39, 0.29) is 23.1 Å². The molecule has 1 amide bonds. The summed E-state index contributed by atoms with van der Waals surface area (Å²) in [6, 6.07) is 14.7. The van der Waals surface area contributed by atoms with Crippen molar-refractivity contribution in [2.45, 2.75) is 24.5 Å². The van der Waals surface area contributed by atoms with Gasteiger partial charge in [-0.05, 0) is 48.4 Å². The van der Waals surface area contributed by atoms with E-state index in [1.807, 2.05) is 31.2 Å². The lowest BCUT2D eigenvalue weighted by Crippen LogP contribution is -2.21. The highest BCUT2D eigenvalue weighted by molar-refractivity contribution is 7.98. The number of phenols is 1. The highest BCUT2D eigenvalue weighted by Crippen LogP contribution is 2.26. The average Bonchev–Trinajstić information content (AvgIpc) is 3.42. The largest absolute Gasteiger partial charge is 0.507 e. The van der Waals surface area contributed by atoms with Crippen molar-refractivity contribution in [3.8, 4) is 11.6 Å². The molecule has 0 spiro atoms. The van der Waals surface area contributed by atoms with Gasteiger partial charge in [0.2, 0.25) is 11.6 Å². The zero-order valence-corrected chi connectivity index (χ0v) is 18.6. The Labute approximate surface area is 192 Å². The summed E-state index contributed by atoms with van der Waals surface area (Å²) in [6.07, 6.45) is 0. The second kappa shape index (κ2) is 9.53. The zero-order valence-electron chi connectivity index (χ0n) is 17.8. The molecule has 12 heteroatoms. The predicted molar refractivity (Wildman–Crippen MR) is 122 cm³/mol. The SMILES string of the molecule is CC(=NNC(=O)c1nnn(-c2nonc2N)c1CSc1ccc(C)cc1)c1ccccc1O. The van der Waals surface area contributed by atoms with Crippen LogP contribution in [0, 0.1) is 6.92 Å². The zero-order chi connectivity index (χ0) is 23.4. The predicted octanol–water partition coefficient (Wildman–Crippen LogP) is 2.69. The summed E-state index contributed by atoms with van der Waals surface area (Å²) >= 11 is 1.49. The topological polar surface area (TPSA) is 157 Å². The molecule has 0 atom stereocenters. The number of aromatic nitrogens is 5. The molecule has 0 radical (unpaired) electrons. The molecule has 33 heavy (non-hydrogen) atoms. The summed E-state index contributed by atoms with van der Waals surface area (Å²) < 4.78 is 5.99. The lowest BCUT2D eigenvalue weighted by molar-refractivity contribution is 0.0949. The first-order valence-electron chi connectivity index (χ1n) is 9.79. The Morgan fingerprint density at radius 3 is 2.67 bits per heavy atom. The van der Waals surface area contributed by atoms with E-state index in [0.717, 1.165) is 10.5 Å². The van der Waals surface area contributed by atoms with Crippen LogP contribution in [0.1, 0.15) is 34.2 Å². The monoisotopic (exact) mass is 464 g/mol. The molecule has 4 aromatic rings. The molecular weight excluding hydrogens is 444 g/mol. The number of carbonyl (C=O) groups is 1. The molecular formula is C21H20N8O3S. The second-order valence-electron chi connectivity index (χ2n) is 7.03. The van der Waals surface area contributed by atoms with Crippen molar-refractivity contribution in [3.05, 3.63) is 71.0 Å². The third-order valence-corrected chi connectivity index (χ3v) is 5.71. The minimum absolute atomic E-state index is 0.0156. The maximum Gasteiger partial charge on any atom is 0.293 e. The lowest BCUT2D eigenvalue weighted by Gasteiger charge is -2.07. The van der Waals surface area contributed by atoms with E-state index in [1.54, 1.807) is 31.2 Å². The number of para-hydroxylation sites is 1. The molecule has 0 aliphatic heterocycles. The molecule has 0 bridgehead atoms. The van der Waals surface area contributed by atoms with Crippen molar-refractivity contribution >= 4 is 29.2 Å². The number of amides is 1. The summed E-state index contributed by atoms with van der Waals surface area (Å²) in [7, 11) is 0. The molecule has 0 unspecified atom stereocenters. The van der Waals surface area contributed by atoms with E-state index < -0.39 is 5.91 Å². The van der Waals surface area contributed by atoms with Crippen LogP contribution in [0.25, 0.3) is 5.82 Å². The Bertz CT molecular complexity index is 1310. The molecule has 4 rings (SSSR count). The molecule has 0 saturated carbocycles. The molecule has 168 valence electrons. The standard InChI is InChI=1S/C21H20N8O3S/c1-12-7-9-14(10-8-12)33-11-16-18(24-28-29(16)20-19(22)26-32-27-20)21(31)25-23-13(2)15-5-3-4-6-17(15)30/h3-10,30H,11H2,1-2H3,(H2,22,26)(H,25,31). The van der Waals surface area contributed by atoms with Gasteiger partial charge < -0.3 is 10.8 Å². The first kappa shape index (κ1) is 22.0. The normalized spacial score (nSPS) is 11.5. The van der Waals surface area contributed by atoms with Crippen molar-refractivity contribution in [3.63, 3.8) is 0 Å². The fraction of sp³-hybridized carbons (Fsp3) is 0.143. The van der Waals surface area contributed by atoms with Crippen LogP contribution in [0.5, 0.6) is 5.75 Å². The summed E-state index contributed by atoms with van der Waals surface area (Å²) in [5.41, 5.74) is 10.8. The van der Waals surface area contributed by atoms with E-state index in [1.165, 1.54) is 16.4 Å². The number of aryl methyl sites for hydroxylation is 1. The van der Waals surface area contributed by atoms with Crippen LogP contribution < -0.4 is 11.2 Å². The van der Waals surface area contributed by atoms with Gasteiger partial charge >= 0.3 is 0 Å². The van der Waals surface area contributed by atoms with Crippen LogP contribution in [-0.2, 0) is 5.75 Å². The van der Waals surface area contributed by atoms with Gasteiger partial charge in [0.1, 0.15) is 5.75 Å². The minimum Gasteiger partial charge on any atom is -0.507 e. The third-order valence-electron chi connectivity index (χ3n) is 4.69. The first-order chi connectivity index (χ1) is 15.9. The van der Waals surface area contributed by atoms with E-state index >= 15 is 0 Å². The number of thioether (sulfide) groups is 1. The quantitative estimate of drug-likeness (QED) is 0.212. The number of nitrogens with one attached hydrogen (secondary N) is 1. The van der Waals surface area contributed by atoms with Crippen LogP contribution >= 0.6 is 11.8 Å². The van der Waals surface area contributed by atoms with Gasteiger partial charge in [0.05, 0.1) is 11.4 Å². The summed E-state index contributed by atoms with van der Waals surface area (Å²) in [6.45, 7) is 3.68. The van der Waals surface area contributed by atoms with E-state index in [0.29, 0.717) is 22.7 Å². The summed E-state index contributed by atoms with van der Waals surface area (Å²) in [4.78, 5) is 13.9. The number of aromatic hydroxyl groups is 1. The van der Waals surface area contributed by atoms with Crippen molar-refractivity contribution in [1.29, 1.82) is 0 Å². The Morgan fingerprint density at radius 1 is 1.21 bits per heavy atom. The summed E-state index contributed by atoms with van der Waals surface area (Å²) in [5.74, 6) is -0.0293. The molecule has 0 aliphatic rings. The number of hydrazone groups is 1. The van der Waals surface area contributed by atoms with Gasteiger partial charge in [-0.15, -0.1) is 16.9 Å². The average molecular weight is 465 g/mol. The van der Waals surface area contributed by atoms with Gasteiger partial charge in [0.15, 0.2) is 5.69 Å². The second-order valence-corrected chi connectivity index (χ2v) is 8.08. The van der Waals surface area contributed by atoms with Gasteiger partial charge in [-0.1, -0.05) is 35.0 Å². The number of nitrogen functional groups attached to an aromatic ring is 1. The maximum atomic E-state index is 12.9. The van der Waals surface area contributed by atoms with Crippen LogP contribution in [-0.4, -0.2) is 42.0 Å². The van der Waals surface area contributed by atoms with Crippen molar-refractivity contribution in [1.82, 2.24) is 30.7 Å². The molecule has 0 fully saturated rings. The molecule has 11 nitrogen and oxygen atoms in total. The number of phenolic OH excluding ortho intramolecular Hbond substituents is 1. The lowest BCUT2D eigenvalue weighted by atomic mass is 10.1. The number of hydrogen-bond donors (Lipinski definition) is 3. The van der Waals surface area contributed by atoms with Gasteiger partial charge in [-0.2, -0.15) is 9.78 Å². The summed E-state index contributed by atoms with van der Waals surface area (Å²) in [5, 5.41) is 29.4. The van der Waals surface area contributed by atoms with Crippen LogP contribution in [0.3, 0.4) is 0 Å². The van der Waals surface area contributed by atoms with Gasteiger partial charge in [0, 0.05) is 16.2 Å². The number of nitrogens with two attached hydrogens (primary N) is 1. The molecule has 2 aromatic heterocycles. The number of rotatable bonds is 7. The van der Waals surface area contributed by atoms with Crippen molar-refractivity contribution in [2.75, 3.05) is 5.73 Å². The fourth-order valence-corrected chi connectivity index (χ4v) is 3.82. The number of anilines is 1. The van der Waals surface area contributed by atoms with Crippen LogP contribution in [0.15, 0.2) is 63.2 Å². The smallest absolute Gasteiger partial charge is 0.293 e. The number of carbonyl (C=O) groups excluding carboxylic acids is 1. The van der Waals surface area contributed by atoms with Crippen molar-refractivity contribution < 1.29 is 14.5 Å². The van der Waals surface area contributed by atoms with Gasteiger partial charge in [-0.3, -0.25) is 4.79 Å². The molecule has 0 saturated heterocycles. The highest BCUT2D eigenvalue weighted by Gasteiger charge is 2.24. The van der Waals surface area contributed by atoms with Crippen LogP contribution in [0.4, 0.5) is 5.82 Å². The minimum atomic E-state index is -0.578. The first-order valence-corrected chi connectivity index (χ1v) is 10.8. The Kier molecular flexibility index (Phi) is 6.36. The Morgan fingerprint density at radius 2 is 1.97 bits per heavy atom. The maximum absolute atomic E-state index is 12.9. The van der Waals surface area contributed by atoms with E-state index in [4.69, 9.17) is 5.73 Å². The Hall–Kier alpha value is -4.19. The number of benzene rings is 2. The highest BCUT2D eigenvalue weighted by atomic mass is 32.2. The third kappa shape index (κ3) is 4.85. The molecule has 2 aromatic carbocycles. The Balaban J connectivity index is 1.61. The van der Waals surface area contributed by atoms with E-state index in [9.17, 15) is 9.90 Å². The van der Waals surface area contributed by atoms with Gasteiger partial charge in [0.25, 0.3) is 5.91 Å². The number of nitrogens with zero attached hydrogens (tertiary/aromatic N) is 6. The van der Waals surface area contributed by atoms with E-state index in [2.05, 4.69) is 35.8 Å². The van der Waals surface area contributed by atoms with Crippen molar-refractivity contribution in [2.24, 2.45) is 5.10 Å². The number of hydrogen-bond acceptors (Lipinski definition) is 10. The van der Waals surface area contributed by atoms with Gasteiger partial charge in [-0.25, -0.2) is 10.1 Å². The molecule has 0 aliphatic carbocycles. The molecule has 4 N–H and O–H groups in total. The fourth-order valence-electron chi connectivity index (χ4n) is 2.93. The molecule has 2 heterocycles. The van der Waals surface area contributed by atoms with Crippen LogP contribution in [0.2, 0.25) is 0 Å².